The zero-order valence-electron chi connectivity index (χ0n) is 8.31. The van der Waals surface area contributed by atoms with Gasteiger partial charge in [-0.3, -0.25) is 4.79 Å². The average Bonchev–Trinajstić information content (AvgIpc) is 2.18. The number of piperidine rings is 1. The number of hydrogen-bond donors (Lipinski definition) is 2. The van der Waals surface area contributed by atoms with Crippen LogP contribution in [0.4, 0.5) is 17.6 Å². The Morgan fingerprint density at radius 3 is 2.50 bits per heavy atom. The van der Waals surface area contributed by atoms with Crippen LogP contribution in [0.5, 0.6) is 0 Å². The van der Waals surface area contributed by atoms with Crippen LogP contribution in [0.2, 0.25) is 0 Å². The van der Waals surface area contributed by atoms with Crippen molar-refractivity contribution in [3.63, 3.8) is 0 Å². The van der Waals surface area contributed by atoms with Gasteiger partial charge in [0, 0.05) is 12.6 Å². The van der Waals surface area contributed by atoms with E-state index in [4.69, 9.17) is 0 Å². The van der Waals surface area contributed by atoms with E-state index in [9.17, 15) is 22.4 Å². The van der Waals surface area contributed by atoms with E-state index >= 15 is 0 Å². The fourth-order valence-electron chi connectivity index (χ4n) is 1.36. The molecular weight excluding hydrogens is 252 g/mol. The highest BCUT2D eigenvalue weighted by Gasteiger charge is 2.49. The molecule has 0 spiro atoms. The molecule has 0 aliphatic carbocycles. The molecule has 0 aromatic rings. The maximum absolute atomic E-state index is 12.5. The molecule has 16 heavy (non-hydrogen) atoms. The molecule has 1 saturated heterocycles. The number of carbonyl (C=O) groups excluding carboxylic acids is 1. The largest absolute Gasteiger partial charge is 0.383 e. The number of halogens is 5. The molecule has 2 N–H and O–H groups in total. The highest BCUT2D eigenvalue weighted by molar-refractivity contribution is 5.85. The number of carbonyl (C=O) groups is 1. The predicted molar refractivity (Wildman–Crippen MR) is 52.2 cm³/mol. The second kappa shape index (κ2) is 6.24. The number of nitrogens with one attached hydrogen (secondary N) is 2. The maximum Gasteiger partial charge on any atom is 0.383 e. The van der Waals surface area contributed by atoms with Gasteiger partial charge in [0.15, 0.2) is 0 Å². The SMILES string of the molecule is Cl.O=C(NC1CCCNC1)C(F)(F)C(F)F. The molecule has 8 heteroatoms. The molecule has 1 unspecified atom stereocenters. The zero-order chi connectivity index (χ0) is 11.5. The lowest BCUT2D eigenvalue weighted by atomic mass is 10.1. The second-order valence-corrected chi connectivity index (χ2v) is 3.44. The Kier molecular flexibility index (Phi) is 6.02. The van der Waals surface area contributed by atoms with Gasteiger partial charge in [0.1, 0.15) is 0 Å². The Morgan fingerprint density at radius 2 is 2.06 bits per heavy atom. The van der Waals surface area contributed by atoms with Crippen molar-refractivity contribution in [3.8, 4) is 0 Å². The third kappa shape index (κ3) is 3.79. The van der Waals surface area contributed by atoms with Crippen LogP contribution in [0.1, 0.15) is 12.8 Å². The van der Waals surface area contributed by atoms with Crippen molar-refractivity contribution in [1.82, 2.24) is 10.6 Å². The number of amides is 1. The first-order chi connectivity index (χ1) is 6.94. The van der Waals surface area contributed by atoms with Crippen LogP contribution >= 0.6 is 12.4 Å². The van der Waals surface area contributed by atoms with E-state index in [2.05, 4.69) is 5.32 Å². The first-order valence-electron chi connectivity index (χ1n) is 4.62. The van der Waals surface area contributed by atoms with Gasteiger partial charge in [-0.1, -0.05) is 0 Å². The standard InChI is InChI=1S/C8H12F4N2O.ClH/c9-6(10)8(11,12)7(15)14-5-2-1-3-13-4-5;/h5-6,13H,1-4H2,(H,14,15);1H. The Hall–Kier alpha value is -0.560. The molecule has 1 aliphatic heterocycles. The van der Waals surface area contributed by atoms with E-state index in [0.717, 1.165) is 13.0 Å². The lowest BCUT2D eigenvalue weighted by molar-refractivity contribution is -0.170. The molecule has 1 heterocycles. The van der Waals surface area contributed by atoms with E-state index in [-0.39, 0.29) is 12.4 Å². The monoisotopic (exact) mass is 264 g/mol. The molecular formula is C8H13ClF4N2O. The fraction of sp³-hybridized carbons (Fsp3) is 0.875. The van der Waals surface area contributed by atoms with Crippen molar-refractivity contribution in [2.45, 2.75) is 31.2 Å². The summed E-state index contributed by atoms with van der Waals surface area (Å²) in [5, 5.41) is 4.78. The summed E-state index contributed by atoms with van der Waals surface area (Å²) in [4.78, 5) is 10.8. The molecule has 1 atom stereocenters. The molecule has 0 saturated carbocycles. The van der Waals surface area contributed by atoms with E-state index < -0.39 is 24.3 Å². The molecule has 0 radical (unpaired) electrons. The molecule has 0 aromatic heterocycles. The number of rotatable bonds is 3. The third-order valence-electron chi connectivity index (χ3n) is 2.21. The summed E-state index contributed by atoms with van der Waals surface area (Å²) in [6, 6.07) is -0.490. The lowest BCUT2D eigenvalue weighted by Crippen LogP contribution is -2.53. The van der Waals surface area contributed by atoms with Crippen molar-refractivity contribution in [2.75, 3.05) is 13.1 Å². The van der Waals surface area contributed by atoms with Gasteiger partial charge in [-0.05, 0) is 19.4 Å². The van der Waals surface area contributed by atoms with Crippen molar-refractivity contribution < 1.29 is 22.4 Å². The van der Waals surface area contributed by atoms with Gasteiger partial charge in [-0.25, -0.2) is 8.78 Å². The topological polar surface area (TPSA) is 41.1 Å². The smallest absolute Gasteiger partial charge is 0.347 e. The average molecular weight is 265 g/mol. The summed E-state index contributed by atoms with van der Waals surface area (Å²) in [5.41, 5.74) is 0. The summed E-state index contributed by atoms with van der Waals surface area (Å²) in [5.74, 6) is -6.50. The van der Waals surface area contributed by atoms with Gasteiger partial charge in [-0.15, -0.1) is 12.4 Å². The van der Waals surface area contributed by atoms with E-state index in [1.807, 2.05) is 5.32 Å². The van der Waals surface area contributed by atoms with Gasteiger partial charge in [0.05, 0.1) is 0 Å². The molecule has 0 bridgehead atoms. The van der Waals surface area contributed by atoms with Gasteiger partial charge in [0.25, 0.3) is 5.91 Å². The minimum Gasteiger partial charge on any atom is -0.347 e. The number of hydrogen-bond acceptors (Lipinski definition) is 2. The molecule has 1 rings (SSSR count). The molecule has 1 amide bonds. The van der Waals surface area contributed by atoms with Crippen LogP contribution in [0.15, 0.2) is 0 Å². The Balaban J connectivity index is 0.00000225. The fourth-order valence-corrected chi connectivity index (χ4v) is 1.36. The highest BCUT2D eigenvalue weighted by atomic mass is 35.5. The van der Waals surface area contributed by atoms with Crippen molar-refractivity contribution in [2.24, 2.45) is 0 Å². The van der Waals surface area contributed by atoms with E-state index in [1.54, 1.807) is 0 Å². The third-order valence-corrected chi connectivity index (χ3v) is 2.21. The van der Waals surface area contributed by atoms with Crippen LogP contribution in [-0.2, 0) is 4.79 Å². The van der Waals surface area contributed by atoms with Gasteiger partial charge in [0.2, 0.25) is 0 Å². The first-order valence-corrected chi connectivity index (χ1v) is 4.62. The lowest BCUT2D eigenvalue weighted by Gasteiger charge is -2.25. The molecule has 1 aliphatic rings. The predicted octanol–water partition coefficient (Wildman–Crippen LogP) is 1.18. The van der Waals surface area contributed by atoms with Gasteiger partial charge in [-0.2, -0.15) is 8.78 Å². The summed E-state index contributed by atoms with van der Waals surface area (Å²) in [7, 11) is 0. The van der Waals surface area contributed by atoms with Gasteiger partial charge < -0.3 is 10.6 Å². The second-order valence-electron chi connectivity index (χ2n) is 3.44. The summed E-state index contributed by atoms with van der Waals surface area (Å²) >= 11 is 0. The Bertz CT molecular complexity index is 234. The summed E-state index contributed by atoms with van der Waals surface area (Å²) in [6.45, 7) is 1.09. The van der Waals surface area contributed by atoms with E-state index in [0.29, 0.717) is 13.0 Å². The Labute approximate surface area is 96.4 Å². The normalized spacial score (nSPS) is 21.4. The first kappa shape index (κ1) is 15.4. The maximum atomic E-state index is 12.5. The highest BCUT2D eigenvalue weighted by Crippen LogP contribution is 2.23. The van der Waals surface area contributed by atoms with E-state index in [1.165, 1.54) is 0 Å². The molecule has 0 aromatic carbocycles. The summed E-state index contributed by atoms with van der Waals surface area (Å²) < 4.78 is 48.6. The quantitative estimate of drug-likeness (QED) is 0.752. The van der Waals surface area contributed by atoms with Crippen molar-refractivity contribution in [1.29, 1.82) is 0 Å². The van der Waals surface area contributed by atoms with Crippen LogP contribution in [0.25, 0.3) is 0 Å². The van der Waals surface area contributed by atoms with Gasteiger partial charge >= 0.3 is 12.3 Å². The minimum atomic E-state index is -4.60. The van der Waals surface area contributed by atoms with Crippen LogP contribution in [0.3, 0.4) is 0 Å². The van der Waals surface area contributed by atoms with Crippen LogP contribution in [0, 0.1) is 0 Å². The zero-order valence-corrected chi connectivity index (χ0v) is 9.13. The van der Waals surface area contributed by atoms with Crippen molar-refractivity contribution in [3.05, 3.63) is 0 Å². The van der Waals surface area contributed by atoms with Crippen LogP contribution in [-0.4, -0.2) is 37.4 Å². The Morgan fingerprint density at radius 1 is 1.44 bits per heavy atom. The molecule has 96 valence electrons. The molecule has 3 nitrogen and oxygen atoms in total. The molecule has 1 fully saturated rings. The number of alkyl halides is 4. The summed E-state index contributed by atoms with van der Waals surface area (Å²) in [6.07, 6.45) is -2.71. The van der Waals surface area contributed by atoms with Crippen molar-refractivity contribution >= 4 is 18.3 Å². The minimum absolute atomic E-state index is 0. The van der Waals surface area contributed by atoms with Crippen LogP contribution < -0.4 is 10.6 Å².